The Labute approximate surface area is 199 Å². The number of aliphatic carboxylic acids is 1. The molecule has 0 bridgehead atoms. The first-order valence-corrected chi connectivity index (χ1v) is 11.0. The van der Waals surface area contributed by atoms with Crippen molar-refractivity contribution in [2.24, 2.45) is 0 Å². The lowest BCUT2D eigenvalue weighted by molar-refractivity contribution is -0.136. The number of phenolic OH excluding ortho intramolecular Hbond substituents is 1. The molecule has 3 aromatic carbocycles. The summed E-state index contributed by atoms with van der Waals surface area (Å²) in [5, 5.41) is 21.6. The van der Waals surface area contributed by atoms with E-state index in [1.165, 1.54) is 0 Å². The Morgan fingerprint density at radius 1 is 0.943 bits per heavy atom. The van der Waals surface area contributed by atoms with Crippen molar-refractivity contribution in [2.45, 2.75) is 19.8 Å². The summed E-state index contributed by atoms with van der Waals surface area (Å²) in [6.07, 6.45) is 0.0558. The number of methoxy groups -OCH3 is 1. The summed E-state index contributed by atoms with van der Waals surface area (Å²) in [6, 6.07) is 18.2. The van der Waals surface area contributed by atoms with Gasteiger partial charge in [0.05, 0.1) is 13.5 Å². The second kappa shape index (κ2) is 8.68. The largest absolute Gasteiger partial charge is 0.502 e. The van der Waals surface area contributed by atoms with Crippen LogP contribution in [0.25, 0.3) is 33.3 Å². The van der Waals surface area contributed by atoms with Gasteiger partial charge in [0.15, 0.2) is 11.2 Å². The maximum atomic E-state index is 12.8. The number of carboxylic acids is 1. The maximum absolute atomic E-state index is 12.8. The quantitative estimate of drug-likeness (QED) is 0.318. The summed E-state index contributed by atoms with van der Waals surface area (Å²) in [5.74, 6) is -0.416. The van der Waals surface area contributed by atoms with E-state index in [-0.39, 0.29) is 23.3 Å². The molecule has 2 N–H and O–H groups in total. The first kappa shape index (κ1) is 22.3. The molecule has 0 fully saturated rings. The van der Waals surface area contributed by atoms with Gasteiger partial charge in [-0.1, -0.05) is 30.3 Å². The second-order valence-corrected chi connectivity index (χ2v) is 8.34. The first-order chi connectivity index (χ1) is 16.9. The van der Waals surface area contributed by atoms with Crippen molar-refractivity contribution in [1.29, 1.82) is 0 Å². The summed E-state index contributed by atoms with van der Waals surface area (Å²) in [4.78, 5) is 24.6. The summed E-state index contributed by atoms with van der Waals surface area (Å²) in [7, 11) is 1.55. The molecule has 0 aliphatic carbocycles. The highest BCUT2D eigenvalue weighted by Gasteiger charge is 2.25. The van der Waals surface area contributed by atoms with Crippen molar-refractivity contribution in [3.8, 4) is 22.8 Å². The van der Waals surface area contributed by atoms with E-state index < -0.39 is 11.6 Å². The third kappa shape index (κ3) is 3.91. The number of phenols is 1. The van der Waals surface area contributed by atoms with Crippen molar-refractivity contribution in [1.82, 2.24) is 0 Å². The zero-order valence-electron chi connectivity index (χ0n) is 19.1. The number of fused-ring (bicyclic) bond motifs is 2. The second-order valence-electron chi connectivity index (χ2n) is 8.34. The van der Waals surface area contributed by atoms with Gasteiger partial charge in [-0.3, -0.25) is 4.79 Å². The van der Waals surface area contributed by atoms with Crippen molar-refractivity contribution >= 4 is 27.9 Å². The van der Waals surface area contributed by atoms with Crippen LogP contribution in [-0.2, 0) is 17.6 Å². The van der Waals surface area contributed by atoms with Crippen LogP contribution in [0.2, 0.25) is 0 Å². The lowest BCUT2D eigenvalue weighted by Gasteiger charge is -2.09. The van der Waals surface area contributed by atoms with E-state index in [1.54, 1.807) is 44.4 Å². The number of rotatable bonds is 6. The Morgan fingerprint density at radius 3 is 2.29 bits per heavy atom. The normalized spacial score (nSPS) is 11.3. The molecule has 5 aromatic rings. The van der Waals surface area contributed by atoms with E-state index in [2.05, 4.69) is 0 Å². The summed E-state index contributed by atoms with van der Waals surface area (Å²) < 4.78 is 16.7. The summed E-state index contributed by atoms with van der Waals surface area (Å²) in [6.45, 7) is 1.80. The predicted octanol–water partition coefficient (Wildman–Crippen LogP) is 5.45. The first-order valence-electron chi connectivity index (χ1n) is 11.0. The fourth-order valence-electron chi connectivity index (χ4n) is 4.41. The van der Waals surface area contributed by atoms with Crippen LogP contribution in [0.15, 0.2) is 74.3 Å². The van der Waals surface area contributed by atoms with Crippen LogP contribution >= 0.6 is 0 Å². The Balaban J connectivity index is 1.77. The number of hydrogen-bond acceptors (Lipinski definition) is 6. The fourth-order valence-corrected chi connectivity index (χ4v) is 4.41. The van der Waals surface area contributed by atoms with Gasteiger partial charge in [-0.15, -0.1) is 0 Å². The zero-order valence-corrected chi connectivity index (χ0v) is 19.1. The Kier molecular flexibility index (Phi) is 5.53. The Hall–Kier alpha value is -4.52. The molecule has 176 valence electrons. The molecule has 35 heavy (non-hydrogen) atoms. The van der Waals surface area contributed by atoms with Gasteiger partial charge in [0.2, 0.25) is 5.75 Å². The minimum atomic E-state index is -1.04. The molecule has 0 saturated heterocycles. The number of aromatic hydroxyl groups is 1. The Morgan fingerprint density at radius 2 is 1.63 bits per heavy atom. The van der Waals surface area contributed by atoms with Crippen molar-refractivity contribution in [3.05, 3.63) is 93.3 Å². The molecule has 5 rings (SSSR count). The zero-order chi connectivity index (χ0) is 24.7. The van der Waals surface area contributed by atoms with Gasteiger partial charge in [0.1, 0.15) is 11.5 Å². The number of aryl methyl sites for hydroxylation is 1. The number of benzene rings is 3. The molecule has 0 unspecified atom stereocenters. The molecule has 2 heterocycles. The lowest BCUT2D eigenvalue weighted by atomic mass is 9.97. The smallest absolute Gasteiger partial charge is 0.340 e. The molecule has 7 heteroatoms. The molecule has 0 radical (unpaired) electrons. The van der Waals surface area contributed by atoms with Crippen LogP contribution in [0, 0.1) is 6.92 Å². The van der Waals surface area contributed by atoms with Crippen LogP contribution in [-0.4, -0.2) is 23.3 Å². The van der Waals surface area contributed by atoms with Crippen molar-refractivity contribution < 1.29 is 28.6 Å². The molecule has 2 aromatic heterocycles. The van der Waals surface area contributed by atoms with Crippen LogP contribution in [0.1, 0.15) is 22.3 Å². The van der Waals surface area contributed by atoms with Gasteiger partial charge in [-0.25, -0.2) is 4.79 Å². The topological polar surface area (TPSA) is 110 Å². The number of furan rings is 1. The average Bonchev–Trinajstić information content (AvgIpc) is 3.21. The van der Waals surface area contributed by atoms with E-state index >= 15 is 0 Å². The van der Waals surface area contributed by atoms with Crippen molar-refractivity contribution in [3.63, 3.8) is 0 Å². The molecular formula is C28H22O7. The fraction of sp³-hybridized carbons (Fsp3) is 0.143. The van der Waals surface area contributed by atoms with Gasteiger partial charge in [0.25, 0.3) is 0 Å². The Bertz CT molecular complexity index is 1620. The van der Waals surface area contributed by atoms with E-state index in [1.807, 2.05) is 30.3 Å². The highest BCUT2D eigenvalue weighted by atomic mass is 16.5. The van der Waals surface area contributed by atoms with Gasteiger partial charge in [0, 0.05) is 33.9 Å². The summed E-state index contributed by atoms with van der Waals surface area (Å²) in [5.41, 5.74) is 2.67. The van der Waals surface area contributed by atoms with Gasteiger partial charge < -0.3 is 23.8 Å². The SMILES string of the molecule is COc1ccc(-c2oc3c(O)c4oc(=O)c(Cc5ccccc5)c(C)c4cc3c2CC(=O)O)cc1. The average molecular weight is 470 g/mol. The minimum Gasteiger partial charge on any atom is -0.502 e. The highest BCUT2D eigenvalue weighted by molar-refractivity contribution is 6.05. The van der Waals surface area contributed by atoms with Crippen LogP contribution in [0.3, 0.4) is 0 Å². The van der Waals surface area contributed by atoms with Crippen molar-refractivity contribution in [2.75, 3.05) is 7.11 Å². The number of ether oxygens (including phenoxy) is 1. The van der Waals surface area contributed by atoms with Gasteiger partial charge >= 0.3 is 11.6 Å². The van der Waals surface area contributed by atoms with E-state index in [4.69, 9.17) is 13.6 Å². The third-order valence-corrected chi connectivity index (χ3v) is 6.21. The third-order valence-electron chi connectivity index (χ3n) is 6.21. The van der Waals surface area contributed by atoms with Gasteiger partial charge in [-0.05, 0) is 48.4 Å². The van der Waals surface area contributed by atoms with Crippen LogP contribution < -0.4 is 10.4 Å². The molecular weight excluding hydrogens is 448 g/mol. The lowest BCUT2D eigenvalue weighted by Crippen LogP contribution is -2.11. The van der Waals surface area contributed by atoms with Gasteiger partial charge in [-0.2, -0.15) is 0 Å². The molecule has 7 nitrogen and oxygen atoms in total. The number of hydrogen-bond donors (Lipinski definition) is 2. The van der Waals surface area contributed by atoms with E-state index in [0.717, 1.165) is 5.56 Å². The standard InChI is InChI=1S/C28H22O7/c1-15-19-13-21-22(14-23(29)30)25(17-8-10-18(33-2)11-9-17)34-27(21)24(31)26(19)35-28(32)20(15)12-16-6-4-3-5-7-16/h3-11,13,31H,12,14H2,1-2H3,(H,29,30). The van der Waals surface area contributed by atoms with Crippen LogP contribution in [0.4, 0.5) is 0 Å². The predicted molar refractivity (Wildman–Crippen MR) is 131 cm³/mol. The number of carboxylic acid groups (broad SMARTS) is 1. The molecule has 0 amide bonds. The van der Waals surface area contributed by atoms with E-state index in [9.17, 15) is 19.8 Å². The monoisotopic (exact) mass is 470 g/mol. The molecule has 0 spiro atoms. The summed E-state index contributed by atoms with van der Waals surface area (Å²) >= 11 is 0. The molecule has 0 aliphatic heterocycles. The maximum Gasteiger partial charge on any atom is 0.340 e. The van der Waals surface area contributed by atoms with Crippen LogP contribution in [0.5, 0.6) is 11.5 Å². The van der Waals surface area contributed by atoms with E-state index in [0.29, 0.717) is 51.0 Å². The molecule has 0 saturated carbocycles. The number of carbonyl (C=O) groups is 1. The molecule has 0 aliphatic rings. The minimum absolute atomic E-state index is 0.00807. The molecule has 0 atom stereocenters. The highest BCUT2D eigenvalue weighted by Crippen LogP contribution is 2.43.